The van der Waals surface area contributed by atoms with Crippen molar-refractivity contribution in [3.8, 4) is 11.1 Å². The zero-order valence-corrected chi connectivity index (χ0v) is 17.9. The van der Waals surface area contributed by atoms with Crippen LogP contribution in [0.25, 0.3) is 11.1 Å². The highest BCUT2D eigenvalue weighted by atomic mass is 16.5. The van der Waals surface area contributed by atoms with Gasteiger partial charge in [0.25, 0.3) is 0 Å². The molecule has 3 atom stereocenters. The van der Waals surface area contributed by atoms with Gasteiger partial charge in [-0.2, -0.15) is 0 Å². The molecule has 0 radical (unpaired) electrons. The maximum atomic E-state index is 12.5. The molecule has 0 aliphatic heterocycles. The van der Waals surface area contributed by atoms with E-state index in [1.807, 2.05) is 50.2 Å². The summed E-state index contributed by atoms with van der Waals surface area (Å²) in [6.07, 6.45) is -0.0753. The number of nitrogens with one attached hydrogen (secondary N) is 2. The average molecular weight is 424 g/mol. The standard InChI is InChI=1S/C24H28N2O5/c1-4-14(2)21(22(27)25-15(3)23(28)29)26-24(30)31-13-20-18-11-7-5-9-16(18)17-10-6-8-12-19(17)20/h5-12,14-15,20-21H,4,13H2,1-3H3,(H,25,27)(H,26,30)(H,28,29)/t14-,15-,21-/m0/s1. The van der Waals surface area contributed by atoms with E-state index >= 15 is 0 Å². The minimum atomic E-state index is -1.14. The van der Waals surface area contributed by atoms with Gasteiger partial charge in [-0.3, -0.25) is 9.59 Å². The van der Waals surface area contributed by atoms with E-state index in [4.69, 9.17) is 9.84 Å². The highest BCUT2D eigenvalue weighted by Crippen LogP contribution is 2.44. The van der Waals surface area contributed by atoms with Gasteiger partial charge in [-0.15, -0.1) is 0 Å². The van der Waals surface area contributed by atoms with E-state index in [9.17, 15) is 14.4 Å². The maximum Gasteiger partial charge on any atom is 0.407 e. The highest BCUT2D eigenvalue weighted by Gasteiger charge is 2.31. The van der Waals surface area contributed by atoms with Crippen LogP contribution >= 0.6 is 0 Å². The smallest absolute Gasteiger partial charge is 0.407 e. The summed E-state index contributed by atoms with van der Waals surface area (Å²) in [5, 5.41) is 14.1. The zero-order valence-electron chi connectivity index (χ0n) is 17.9. The number of carbonyl (C=O) groups is 3. The fourth-order valence-electron chi connectivity index (χ4n) is 3.83. The van der Waals surface area contributed by atoms with E-state index in [0.29, 0.717) is 6.42 Å². The van der Waals surface area contributed by atoms with Crippen LogP contribution in [0.4, 0.5) is 4.79 Å². The van der Waals surface area contributed by atoms with E-state index in [1.165, 1.54) is 6.92 Å². The molecule has 1 aliphatic carbocycles. The Morgan fingerprint density at radius 3 is 2.03 bits per heavy atom. The third-order valence-electron chi connectivity index (χ3n) is 5.84. The summed E-state index contributed by atoms with van der Waals surface area (Å²) in [6.45, 7) is 5.23. The fourth-order valence-corrected chi connectivity index (χ4v) is 3.83. The van der Waals surface area contributed by atoms with Crippen LogP contribution < -0.4 is 10.6 Å². The SMILES string of the molecule is CC[C@H](C)[C@H](NC(=O)OCC1c2ccccc2-c2ccccc21)C(=O)N[C@@H](C)C(=O)O. The second-order valence-electron chi connectivity index (χ2n) is 7.90. The third-order valence-corrected chi connectivity index (χ3v) is 5.84. The molecule has 164 valence electrons. The molecule has 0 saturated heterocycles. The molecule has 0 spiro atoms. The lowest BCUT2D eigenvalue weighted by Gasteiger charge is -2.24. The van der Waals surface area contributed by atoms with Gasteiger partial charge < -0.3 is 20.5 Å². The molecular formula is C24H28N2O5. The minimum absolute atomic E-state index is 0.0824. The number of aliphatic carboxylic acids is 1. The molecule has 0 heterocycles. The molecule has 7 nitrogen and oxygen atoms in total. The monoisotopic (exact) mass is 424 g/mol. The molecule has 31 heavy (non-hydrogen) atoms. The van der Waals surface area contributed by atoms with E-state index in [2.05, 4.69) is 22.8 Å². The number of carboxylic acids is 1. The molecule has 0 fully saturated rings. The number of ether oxygens (including phenoxy) is 1. The number of hydrogen-bond donors (Lipinski definition) is 3. The summed E-state index contributed by atoms with van der Waals surface area (Å²) in [4.78, 5) is 36.1. The van der Waals surface area contributed by atoms with Gasteiger partial charge in [-0.1, -0.05) is 68.8 Å². The lowest BCUT2D eigenvalue weighted by atomic mass is 9.98. The number of carboxylic acid groups (broad SMARTS) is 1. The van der Waals surface area contributed by atoms with Crippen LogP contribution in [-0.4, -0.2) is 41.8 Å². The number of carbonyl (C=O) groups excluding carboxylic acids is 2. The van der Waals surface area contributed by atoms with Gasteiger partial charge in [0.2, 0.25) is 5.91 Å². The Bertz CT molecular complexity index is 928. The normalized spacial score (nSPS) is 15.2. The first-order chi connectivity index (χ1) is 14.8. The lowest BCUT2D eigenvalue weighted by Crippen LogP contribution is -2.53. The van der Waals surface area contributed by atoms with Crippen molar-refractivity contribution in [3.05, 3.63) is 59.7 Å². The van der Waals surface area contributed by atoms with Crippen molar-refractivity contribution in [2.45, 2.75) is 45.2 Å². The average Bonchev–Trinajstić information content (AvgIpc) is 3.09. The van der Waals surface area contributed by atoms with Gasteiger partial charge >= 0.3 is 12.1 Å². The largest absolute Gasteiger partial charge is 0.480 e. The van der Waals surface area contributed by atoms with Gasteiger partial charge in [0.15, 0.2) is 0 Å². The summed E-state index contributed by atoms with van der Waals surface area (Å²) in [5.41, 5.74) is 4.46. The molecule has 3 rings (SSSR count). The molecule has 0 aromatic heterocycles. The first kappa shape index (κ1) is 22.3. The zero-order chi connectivity index (χ0) is 22.5. The van der Waals surface area contributed by atoms with Gasteiger partial charge in [0.05, 0.1) is 0 Å². The molecule has 2 aromatic carbocycles. The van der Waals surface area contributed by atoms with E-state index in [0.717, 1.165) is 22.3 Å². The van der Waals surface area contributed by atoms with Crippen LogP contribution in [-0.2, 0) is 14.3 Å². The predicted octanol–water partition coefficient (Wildman–Crippen LogP) is 3.53. The Morgan fingerprint density at radius 2 is 1.52 bits per heavy atom. The Morgan fingerprint density at radius 1 is 0.968 bits per heavy atom. The molecule has 7 heteroatoms. The van der Waals surface area contributed by atoms with Crippen molar-refractivity contribution in [2.75, 3.05) is 6.61 Å². The quantitative estimate of drug-likeness (QED) is 0.601. The molecule has 3 N–H and O–H groups in total. The third kappa shape index (κ3) is 4.87. The number of benzene rings is 2. The summed E-state index contributed by atoms with van der Waals surface area (Å²) < 4.78 is 5.52. The van der Waals surface area contributed by atoms with E-state index < -0.39 is 30.1 Å². The maximum absolute atomic E-state index is 12.5. The molecule has 1 aliphatic rings. The van der Waals surface area contributed by atoms with Crippen molar-refractivity contribution in [1.82, 2.24) is 10.6 Å². The summed E-state index contributed by atoms with van der Waals surface area (Å²) in [6, 6.07) is 14.1. The van der Waals surface area contributed by atoms with Crippen molar-refractivity contribution in [1.29, 1.82) is 0 Å². The van der Waals surface area contributed by atoms with E-state index in [-0.39, 0.29) is 18.4 Å². The van der Waals surface area contributed by atoms with Gasteiger partial charge in [-0.05, 0) is 35.1 Å². The van der Waals surface area contributed by atoms with Crippen LogP contribution in [0.1, 0.15) is 44.2 Å². The van der Waals surface area contributed by atoms with Crippen molar-refractivity contribution in [2.24, 2.45) is 5.92 Å². The van der Waals surface area contributed by atoms with Crippen molar-refractivity contribution < 1.29 is 24.2 Å². The molecule has 2 aromatic rings. The first-order valence-electron chi connectivity index (χ1n) is 10.5. The van der Waals surface area contributed by atoms with Crippen molar-refractivity contribution >= 4 is 18.0 Å². The number of rotatable bonds is 8. The second-order valence-corrected chi connectivity index (χ2v) is 7.90. The summed E-state index contributed by atoms with van der Waals surface area (Å²) in [5.74, 6) is -1.96. The van der Waals surface area contributed by atoms with Gasteiger partial charge in [-0.25, -0.2) is 4.79 Å². The molecule has 2 amide bonds. The topological polar surface area (TPSA) is 105 Å². The van der Waals surface area contributed by atoms with Crippen LogP contribution in [0.2, 0.25) is 0 Å². The Balaban J connectivity index is 1.68. The van der Waals surface area contributed by atoms with Crippen molar-refractivity contribution in [3.63, 3.8) is 0 Å². The van der Waals surface area contributed by atoms with Crippen LogP contribution in [0, 0.1) is 5.92 Å². The van der Waals surface area contributed by atoms with Gasteiger partial charge in [0, 0.05) is 5.92 Å². The Hall–Kier alpha value is -3.35. The summed E-state index contributed by atoms with van der Waals surface area (Å²) >= 11 is 0. The number of fused-ring (bicyclic) bond motifs is 3. The second kappa shape index (κ2) is 9.64. The first-order valence-corrected chi connectivity index (χ1v) is 10.5. The Kier molecular flexibility index (Phi) is 6.95. The fraction of sp³-hybridized carbons (Fsp3) is 0.375. The number of amides is 2. The predicted molar refractivity (Wildman–Crippen MR) is 117 cm³/mol. The Labute approximate surface area is 181 Å². The van der Waals surface area contributed by atoms with Crippen LogP contribution in [0.5, 0.6) is 0 Å². The molecule has 0 saturated carbocycles. The molecular weight excluding hydrogens is 396 g/mol. The van der Waals surface area contributed by atoms with Gasteiger partial charge in [0.1, 0.15) is 18.7 Å². The van der Waals surface area contributed by atoms with Crippen LogP contribution in [0.3, 0.4) is 0 Å². The highest BCUT2D eigenvalue weighted by molar-refractivity contribution is 5.89. The minimum Gasteiger partial charge on any atom is -0.480 e. The number of hydrogen-bond acceptors (Lipinski definition) is 4. The molecule has 0 bridgehead atoms. The van der Waals surface area contributed by atoms with E-state index in [1.54, 1.807) is 0 Å². The lowest BCUT2D eigenvalue weighted by molar-refractivity contribution is -0.141. The summed E-state index contributed by atoms with van der Waals surface area (Å²) in [7, 11) is 0. The number of alkyl carbamates (subject to hydrolysis) is 1. The van der Waals surface area contributed by atoms with Crippen LogP contribution in [0.15, 0.2) is 48.5 Å². The molecule has 0 unspecified atom stereocenters.